The van der Waals surface area contributed by atoms with Crippen LogP contribution in [0.1, 0.15) is 30.4 Å². The molecule has 1 unspecified atom stereocenters. The highest BCUT2D eigenvalue weighted by atomic mass is 16.4. The highest BCUT2D eigenvalue weighted by Gasteiger charge is 2.13. The number of hydrogen-bond acceptors (Lipinski definition) is 3. The average Bonchev–Trinajstić information content (AvgIpc) is 2.36. The maximum Gasteiger partial charge on any atom is 0.310 e. The molecule has 0 aliphatic carbocycles. The third kappa shape index (κ3) is 4.19. The summed E-state index contributed by atoms with van der Waals surface area (Å²) in [5.41, 5.74) is 1.93. The van der Waals surface area contributed by atoms with E-state index in [1.54, 1.807) is 6.92 Å². The first kappa shape index (κ1) is 14.2. The van der Waals surface area contributed by atoms with Gasteiger partial charge in [-0.25, -0.2) is 0 Å². The molecular formula is C14H18N2O2. The molecular weight excluding hydrogens is 228 g/mol. The van der Waals surface area contributed by atoms with Crippen LogP contribution in [0, 0.1) is 11.3 Å². The second-order valence-corrected chi connectivity index (χ2v) is 4.45. The van der Waals surface area contributed by atoms with Crippen molar-refractivity contribution in [2.24, 2.45) is 0 Å². The number of carboxylic acids is 1. The van der Waals surface area contributed by atoms with E-state index in [-0.39, 0.29) is 0 Å². The third-order valence-corrected chi connectivity index (χ3v) is 2.91. The Balaban J connectivity index is 2.60. The van der Waals surface area contributed by atoms with E-state index in [4.69, 9.17) is 10.4 Å². The lowest BCUT2D eigenvalue weighted by molar-refractivity contribution is -0.138. The normalized spacial score (nSPS) is 12.1. The Morgan fingerprint density at radius 2 is 2.06 bits per heavy atom. The number of carboxylic acid groups (broad SMARTS) is 1. The van der Waals surface area contributed by atoms with Gasteiger partial charge in [-0.15, -0.1) is 0 Å². The summed E-state index contributed by atoms with van der Waals surface area (Å²) in [6, 6.07) is 9.71. The summed E-state index contributed by atoms with van der Waals surface area (Å²) in [5.74, 6) is -1.29. The predicted molar refractivity (Wildman–Crippen MR) is 69.1 cm³/mol. The molecule has 0 aliphatic heterocycles. The zero-order valence-electron chi connectivity index (χ0n) is 10.8. The Morgan fingerprint density at radius 3 is 2.56 bits per heavy atom. The maximum absolute atomic E-state index is 10.8. The van der Waals surface area contributed by atoms with E-state index in [2.05, 4.69) is 11.0 Å². The molecule has 1 N–H and O–H groups in total. The average molecular weight is 246 g/mol. The Bertz CT molecular complexity index is 434. The lowest BCUT2D eigenvalue weighted by atomic mass is 10.00. The molecule has 0 radical (unpaired) electrons. The minimum atomic E-state index is -0.811. The SMILES string of the molecule is CC(C(=O)O)c1ccc(CN(C)CCC#N)cc1. The Morgan fingerprint density at radius 1 is 1.44 bits per heavy atom. The Labute approximate surface area is 107 Å². The van der Waals surface area contributed by atoms with Crippen molar-refractivity contribution in [3.8, 4) is 6.07 Å². The van der Waals surface area contributed by atoms with Crippen LogP contribution in [-0.2, 0) is 11.3 Å². The largest absolute Gasteiger partial charge is 0.481 e. The van der Waals surface area contributed by atoms with E-state index in [9.17, 15) is 4.79 Å². The first-order chi connectivity index (χ1) is 8.54. The number of nitriles is 1. The first-order valence-corrected chi connectivity index (χ1v) is 5.91. The zero-order chi connectivity index (χ0) is 13.5. The van der Waals surface area contributed by atoms with Crippen molar-refractivity contribution in [1.82, 2.24) is 4.90 Å². The van der Waals surface area contributed by atoms with Gasteiger partial charge in [-0.1, -0.05) is 24.3 Å². The molecule has 0 spiro atoms. The fraction of sp³-hybridized carbons (Fsp3) is 0.429. The van der Waals surface area contributed by atoms with Gasteiger partial charge in [0.2, 0.25) is 0 Å². The van der Waals surface area contributed by atoms with Crippen molar-refractivity contribution in [3.05, 3.63) is 35.4 Å². The standard InChI is InChI=1S/C14H18N2O2/c1-11(14(17)18)13-6-4-12(5-7-13)10-16(2)9-3-8-15/h4-7,11H,3,9-10H2,1-2H3,(H,17,18). The number of carbonyl (C=O) groups is 1. The summed E-state index contributed by atoms with van der Waals surface area (Å²) >= 11 is 0. The van der Waals surface area contributed by atoms with Gasteiger partial charge in [0.15, 0.2) is 0 Å². The smallest absolute Gasteiger partial charge is 0.310 e. The van der Waals surface area contributed by atoms with Crippen molar-refractivity contribution < 1.29 is 9.90 Å². The molecule has 1 aromatic rings. The van der Waals surface area contributed by atoms with Crippen LogP contribution in [0.5, 0.6) is 0 Å². The second-order valence-electron chi connectivity index (χ2n) is 4.45. The molecule has 0 aromatic heterocycles. The van der Waals surface area contributed by atoms with E-state index in [0.29, 0.717) is 6.42 Å². The van der Waals surface area contributed by atoms with Crippen LogP contribution < -0.4 is 0 Å². The summed E-state index contributed by atoms with van der Waals surface area (Å²) in [6.07, 6.45) is 0.518. The van der Waals surface area contributed by atoms with Crippen LogP contribution in [0.3, 0.4) is 0 Å². The van der Waals surface area contributed by atoms with Crippen LogP contribution in [0.15, 0.2) is 24.3 Å². The number of benzene rings is 1. The molecule has 0 aliphatic rings. The van der Waals surface area contributed by atoms with Gasteiger partial charge < -0.3 is 10.0 Å². The molecule has 96 valence electrons. The van der Waals surface area contributed by atoms with Gasteiger partial charge in [-0.2, -0.15) is 5.26 Å². The quantitative estimate of drug-likeness (QED) is 0.836. The van der Waals surface area contributed by atoms with Gasteiger partial charge in [0.05, 0.1) is 12.0 Å². The van der Waals surface area contributed by atoms with Crippen molar-refractivity contribution in [1.29, 1.82) is 5.26 Å². The van der Waals surface area contributed by atoms with Crippen LogP contribution in [0.25, 0.3) is 0 Å². The maximum atomic E-state index is 10.8. The molecule has 18 heavy (non-hydrogen) atoms. The van der Waals surface area contributed by atoms with E-state index in [1.807, 2.05) is 31.3 Å². The topological polar surface area (TPSA) is 64.3 Å². The van der Waals surface area contributed by atoms with Crippen LogP contribution in [0.4, 0.5) is 0 Å². The van der Waals surface area contributed by atoms with Crippen molar-refractivity contribution in [2.75, 3.05) is 13.6 Å². The second kappa shape index (κ2) is 6.77. The number of rotatable bonds is 6. The summed E-state index contributed by atoms with van der Waals surface area (Å²) in [4.78, 5) is 12.9. The molecule has 1 atom stereocenters. The summed E-state index contributed by atoms with van der Waals surface area (Å²) < 4.78 is 0. The summed E-state index contributed by atoms with van der Waals surface area (Å²) in [5, 5.41) is 17.4. The molecule has 0 amide bonds. The molecule has 4 nitrogen and oxygen atoms in total. The van der Waals surface area contributed by atoms with Crippen molar-refractivity contribution in [3.63, 3.8) is 0 Å². The van der Waals surface area contributed by atoms with Gasteiger partial charge in [-0.3, -0.25) is 4.79 Å². The lowest BCUT2D eigenvalue weighted by Gasteiger charge is -2.15. The molecule has 0 heterocycles. The Kier molecular flexibility index (Phi) is 5.34. The Hall–Kier alpha value is -1.86. The van der Waals surface area contributed by atoms with Gasteiger partial charge in [0, 0.05) is 19.5 Å². The highest BCUT2D eigenvalue weighted by Crippen LogP contribution is 2.16. The highest BCUT2D eigenvalue weighted by molar-refractivity contribution is 5.75. The van der Waals surface area contributed by atoms with Crippen molar-refractivity contribution in [2.45, 2.75) is 25.8 Å². The van der Waals surface area contributed by atoms with Crippen molar-refractivity contribution >= 4 is 5.97 Å². The molecule has 4 heteroatoms. The van der Waals surface area contributed by atoms with E-state index >= 15 is 0 Å². The number of hydrogen-bond donors (Lipinski definition) is 1. The van der Waals surface area contributed by atoms with Crippen LogP contribution in [-0.4, -0.2) is 29.6 Å². The summed E-state index contributed by atoms with van der Waals surface area (Å²) in [6.45, 7) is 3.18. The fourth-order valence-corrected chi connectivity index (χ4v) is 1.69. The zero-order valence-corrected chi connectivity index (χ0v) is 10.8. The monoisotopic (exact) mass is 246 g/mol. The van der Waals surface area contributed by atoms with E-state index in [0.717, 1.165) is 24.2 Å². The minimum absolute atomic E-state index is 0.477. The number of nitrogens with zero attached hydrogens (tertiary/aromatic N) is 2. The third-order valence-electron chi connectivity index (χ3n) is 2.91. The molecule has 1 aromatic carbocycles. The molecule has 0 fully saturated rings. The first-order valence-electron chi connectivity index (χ1n) is 5.91. The van der Waals surface area contributed by atoms with E-state index < -0.39 is 11.9 Å². The van der Waals surface area contributed by atoms with Crippen LogP contribution >= 0.6 is 0 Å². The molecule has 0 saturated heterocycles. The predicted octanol–water partition coefficient (Wildman–Crippen LogP) is 2.22. The fourth-order valence-electron chi connectivity index (χ4n) is 1.69. The van der Waals surface area contributed by atoms with Gasteiger partial charge in [-0.05, 0) is 25.1 Å². The van der Waals surface area contributed by atoms with E-state index in [1.165, 1.54) is 0 Å². The molecule has 0 saturated carbocycles. The molecule has 0 bridgehead atoms. The number of aliphatic carboxylic acids is 1. The molecule has 1 rings (SSSR count). The lowest BCUT2D eigenvalue weighted by Crippen LogP contribution is -2.18. The van der Waals surface area contributed by atoms with Gasteiger partial charge in [0.1, 0.15) is 0 Å². The van der Waals surface area contributed by atoms with Crippen LogP contribution in [0.2, 0.25) is 0 Å². The van der Waals surface area contributed by atoms with Gasteiger partial charge in [0.25, 0.3) is 0 Å². The summed E-state index contributed by atoms with van der Waals surface area (Å²) in [7, 11) is 1.96. The van der Waals surface area contributed by atoms with Gasteiger partial charge >= 0.3 is 5.97 Å². The minimum Gasteiger partial charge on any atom is -0.481 e.